The molecule has 1 aromatic carbocycles. The largest absolute Gasteiger partial charge is 0.508 e. The van der Waals surface area contributed by atoms with Crippen molar-refractivity contribution in [1.29, 1.82) is 0 Å². The van der Waals surface area contributed by atoms with Crippen molar-refractivity contribution in [2.45, 2.75) is 71.8 Å². The lowest BCUT2D eigenvalue weighted by molar-refractivity contribution is 0.283. The molecule has 1 aromatic rings. The van der Waals surface area contributed by atoms with Gasteiger partial charge in [0.2, 0.25) is 0 Å². The van der Waals surface area contributed by atoms with Gasteiger partial charge in [-0.2, -0.15) is 0 Å². The summed E-state index contributed by atoms with van der Waals surface area (Å²) in [5.74, 6) is 0.419. The molecule has 0 aromatic heterocycles. The van der Waals surface area contributed by atoms with E-state index in [0.717, 1.165) is 24.9 Å². The third-order valence-electron chi connectivity index (χ3n) is 4.71. The number of hydrogen-bond acceptors (Lipinski definition) is 2. The summed E-state index contributed by atoms with van der Waals surface area (Å²) >= 11 is 0. The van der Waals surface area contributed by atoms with Crippen molar-refractivity contribution < 1.29 is 5.11 Å². The van der Waals surface area contributed by atoms with E-state index in [1.807, 2.05) is 6.07 Å². The summed E-state index contributed by atoms with van der Waals surface area (Å²) in [5, 5.41) is 13.9. The van der Waals surface area contributed by atoms with Gasteiger partial charge in [-0.25, -0.2) is 0 Å². The summed E-state index contributed by atoms with van der Waals surface area (Å²) in [6.07, 6.45) is 3.38. The van der Waals surface area contributed by atoms with Gasteiger partial charge in [0.1, 0.15) is 5.75 Å². The maximum absolute atomic E-state index is 10.3. The average molecular weight is 289 g/mol. The molecule has 0 saturated carbocycles. The minimum Gasteiger partial charge on any atom is -0.508 e. The molecule has 21 heavy (non-hydrogen) atoms. The highest BCUT2D eigenvalue weighted by atomic mass is 16.3. The van der Waals surface area contributed by atoms with Crippen LogP contribution in [0.15, 0.2) is 18.2 Å². The van der Waals surface area contributed by atoms with Gasteiger partial charge in [0, 0.05) is 11.1 Å². The fourth-order valence-corrected chi connectivity index (χ4v) is 3.95. The molecule has 2 heteroatoms. The van der Waals surface area contributed by atoms with Crippen LogP contribution >= 0.6 is 0 Å². The van der Waals surface area contributed by atoms with Crippen molar-refractivity contribution >= 4 is 0 Å². The van der Waals surface area contributed by atoms with Gasteiger partial charge in [0.15, 0.2) is 0 Å². The molecule has 1 aliphatic rings. The first-order valence-corrected chi connectivity index (χ1v) is 8.13. The topological polar surface area (TPSA) is 32.3 Å². The van der Waals surface area contributed by atoms with E-state index in [4.69, 9.17) is 0 Å². The Labute approximate surface area is 130 Å². The summed E-state index contributed by atoms with van der Waals surface area (Å²) in [6.45, 7) is 14.7. The molecule has 1 unspecified atom stereocenters. The first-order valence-electron chi connectivity index (χ1n) is 8.13. The molecule has 118 valence electrons. The summed E-state index contributed by atoms with van der Waals surface area (Å²) in [7, 11) is 0. The number of nitrogens with one attached hydrogen (secondary N) is 1. The normalized spacial score (nSPS) is 23.5. The molecule has 1 fully saturated rings. The number of rotatable bonds is 3. The molecule has 0 aliphatic carbocycles. The highest BCUT2D eigenvalue weighted by molar-refractivity contribution is 5.43. The van der Waals surface area contributed by atoms with Crippen LogP contribution in [0, 0.1) is 5.41 Å². The third-order valence-corrected chi connectivity index (χ3v) is 4.71. The average Bonchev–Trinajstić information content (AvgIpc) is 2.74. The highest BCUT2D eigenvalue weighted by Crippen LogP contribution is 2.41. The molecule has 2 N–H and O–H groups in total. The number of benzene rings is 1. The van der Waals surface area contributed by atoms with Crippen molar-refractivity contribution in [3.63, 3.8) is 0 Å². The van der Waals surface area contributed by atoms with Crippen LogP contribution in [0.4, 0.5) is 0 Å². The predicted octanol–water partition coefficient (Wildman–Crippen LogP) is 4.70. The molecule has 2 nitrogen and oxygen atoms in total. The second-order valence-corrected chi connectivity index (χ2v) is 8.72. The second-order valence-electron chi connectivity index (χ2n) is 8.72. The van der Waals surface area contributed by atoms with Gasteiger partial charge in [-0.3, -0.25) is 0 Å². The molecule has 1 atom stereocenters. The SMILES string of the molecule is CC(C)(C)CC(C)(C)c1ccc(O)c(C2(C)CCCN2)c1. The fourth-order valence-electron chi connectivity index (χ4n) is 3.95. The van der Waals surface area contributed by atoms with Crippen molar-refractivity contribution in [1.82, 2.24) is 5.32 Å². The van der Waals surface area contributed by atoms with Crippen LogP contribution in [0.5, 0.6) is 5.75 Å². The highest BCUT2D eigenvalue weighted by Gasteiger charge is 2.34. The molecular weight excluding hydrogens is 258 g/mol. The molecule has 2 rings (SSSR count). The Kier molecular flexibility index (Phi) is 4.14. The summed E-state index contributed by atoms with van der Waals surface area (Å²) in [4.78, 5) is 0. The first-order chi connectivity index (χ1) is 9.54. The molecule has 0 spiro atoms. The summed E-state index contributed by atoms with van der Waals surface area (Å²) < 4.78 is 0. The van der Waals surface area contributed by atoms with Gasteiger partial charge in [-0.05, 0) is 61.3 Å². The number of hydrogen-bond donors (Lipinski definition) is 2. The van der Waals surface area contributed by atoms with E-state index in [0.29, 0.717) is 5.75 Å². The maximum atomic E-state index is 10.3. The lowest BCUT2D eigenvalue weighted by Crippen LogP contribution is -2.34. The number of aromatic hydroxyl groups is 1. The molecule has 0 amide bonds. The lowest BCUT2D eigenvalue weighted by Gasteiger charge is -2.34. The van der Waals surface area contributed by atoms with Gasteiger partial charge in [-0.15, -0.1) is 0 Å². The minimum atomic E-state index is -0.0854. The third kappa shape index (κ3) is 3.60. The van der Waals surface area contributed by atoms with E-state index >= 15 is 0 Å². The van der Waals surface area contributed by atoms with E-state index in [1.54, 1.807) is 0 Å². The molecule has 0 bridgehead atoms. The molecule has 1 aliphatic heterocycles. The molecular formula is C19H31NO. The Balaban J connectivity index is 2.39. The van der Waals surface area contributed by atoms with Crippen LogP contribution in [0.1, 0.15) is 71.9 Å². The van der Waals surface area contributed by atoms with E-state index in [-0.39, 0.29) is 16.4 Å². The first kappa shape index (κ1) is 16.4. The molecule has 1 heterocycles. The summed E-state index contributed by atoms with van der Waals surface area (Å²) in [5.41, 5.74) is 2.68. The van der Waals surface area contributed by atoms with Gasteiger partial charge in [-0.1, -0.05) is 40.7 Å². The number of phenols is 1. The zero-order chi connectivity index (χ0) is 15.9. The molecule has 0 radical (unpaired) electrons. The van der Waals surface area contributed by atoms with Gasteiger partial charge in [0.05, 0.1) is 0 Å². The van der Waals surface area contributed by atoms with Crippen molar-refractivity contribution in [3.8, 4) is 5.75 Å². The van der Waals surface area contributed by atoms with Crippen LogP contribution in [0.25, 0.3) is 0 Å². The minimum absolute atomic E-state index is 0.0854. The van der Waals surface area contributed by atoms with Gasteiger partial charge < -0.3 is 10.4 Å². The van der Waals surface area contributed by atoms with E-state index in [2.05, 4.69) is 59.0 Å². The zero-order valence-electron chi connectivity index (χ0n) is 14.5. The fraction of sp³-hybridized carbons (Fsp3) is 0.684. The van der Waals surface area contributed by atoms with Gasteiger partial charge in [0.25, 0.3) is 0 Å². The Morgan fingerprint density at radius 3 is 2.38 bits per heavy atom. The van der Waals surface area contributed by atoms with Crippen molar-refractivity contribution in [2.24, 2.45) is 5.41 Å². The maximum Gasteiger partial charge on any atom is 0.120 e. The monoisotopic (exact) mass is 289 g/mol. The quantitative estimate of drug-likeness (QED) is 0.845. The van der Waals surface area contributed by atoms with Crippen LogP contribution in [0.2, 0.25) is 0 Å². The Bertz CT molecular complexity index is 505. The van der Waals surface area contributed by atoms with Crippen LogP contribution in [0.3, 0.4) is 0 Å². The standard InChI is InChI=1S/C19H31NO/c1-17(2,3)13-18(4,5)14-8-9-16(21)15(12-14)19(6)10-7-11-20-19/h8-9,12,20-21H,7,10-11,13H2,1-6H3. The van der Waals surface area contributed by atoms with Crippen LogP contribution in [-0.4, -0.2) is 11.7 Å². The Hall–Kier alpha value is -1.02. The van der Waals surface area contributed by atoms with Crippen molar-refractivity contribution in [3.05, 3.63) is 29.3 Å². The van der Waals surface area contributed by atoms with E-state index < -0.39 is 0 Å². The Morgan fingerprint density at radius 1 is 1.19 bits per heavy atom. The zero-order valence-corrected chi connectivity index (χ0v) is 14.5. The molecule has 1 saturated heterocycles. The van der Waals surface area contributed by atoms with Crippen molar-refractivity contribution in [2.75, 3.05) is 6.54 Å². The van der Waals surface area contributed by atoms with E-state index in [9.17, 15) is 5.11 Å². The predicted molar refractivity (Wildman–Crippen MR) is 89.8 cm³/mol. The van der Waals surface area contributed by atoms with E-state index in [1.165, 1.54) is 12.0 Å². The Morgan fingerprint density at radius 2 is 1.86 bits per heavy atom. The smallest absolute Gasteiger partial charge is 0.120 e. The summed E-state index contributed by atoms with van der Waals surface area (Å²) in [6, 6.07) is 6.18. The number of phenolic OH excluding ortho intramolecular Hbond substituents is 1. The second kappa shape index (κ2) is 5.31. The van der Waals surface area contributed by atoms with Crippen LogP contribution in [-0.2, 0) is 11.0 Å². The van der Waals surface area contributed by atoms with Crippen LogP contribution < -0.4 is 5.32 Å². The lowest BCUT2D eigenvalue weighted by atomic mass is 9.71. The van der Waals surface area contributed by atoms with Gasteiger partial charge >= 0.3 is 0 Å².